The van der Waals surface area contributed by atoms with Crippen molar-refractivity contribution in [2.45, 2.75) is 20.0 Å². The number of aryl methyl sites for hydroxylation is 1. The highest BCUT2D eigenvalue weighted by Gasteiger charge is 2.19. The molecule has 0 N–H and O–H groups in total. The molecular formula is C19H16Cl2N4O. The van der Waals surface area contributed by atoms with Gasteiger partial charge in [-0.1, -0.05) is 35.3 Å². The third-order valence-corrected chi connectivity index (χ3v) is 4.46. The quantitative estimate of drug-likeness (QED) is 0.654. The Morgan fingerprint density at radius 2 is 1.85 bits per heavy atom. The van der Waals surface area contributed by atoms with E-state index >= 15 is 0 Å². The van der Waals surface area contributed by atoms with Crippen molar-refractivity contribution >= 4 is 29.1 Å². The van der Waals surface area contributed by atoms with Crippen LogP contribution < -0.4 is 0 Å². The molecule has 3 rings (SSSR count). The summed E-state index contributed by atoms with van der Waals surface area (Å²) in [6.45, 7) is 2.51. The van der Waals surface area contributed by atoms with E-state index in [0.717, 1.165) is 17.0 Å². The second-order valence-electron chi connectivity index (χ2n) is 5.77. The van der Waals surface area contributed by atoms with Crippen molar-refractivity contribution in [3.8, 4) is 0 Å². The number of carbonyl (C=O) groups excluding carboxylic acids is 1. The minimum atomic E-state index is -0.228. The number of halogens is 2. The minimum absolute atomic E-state index is 0.228. The molecule has 1 aromatic carbocycles. The summed E-state index contributed by atoms with van der Waals surface area (Å²) < 4.78 is 0. The Morgan fingerprint density at radius 1 is 1.00 bits per heavy atom. The Balaban J connectivity index is 1.88. The zero-order valence-corrected chi connectivity index (χ0v) is 15.6. The van der Waals surface area contributed by atoms with Crippen molar-refractivity contribution in [2.75, 3.05) is 0 Å². The second-order valence-corrected chi connectivity index (χ2v) is 6.59. The summed E-state index contributed by atoms with van der Waals surface area (Å²) in [5.41, 5.74) is 2.68. The molecule has 0 aliphatic heterocycles. The number of hydrogen-bond acceptors (Lipinski definition) is 4. The molecule has 0 aliphatic carbocycles. The van der Waals surface area contributed by atoms with Crippen LogP contribution >= 0.6 is 23.2 Å². The van der Waals surface area contributed by atoms with Crippen LogP contribution in [-0.2, 0) is 13.1 Å². The molecule has 5 nitrogen and oxygen atoms in total. The smallest absolute Gasteiger partial charge is 0.274 e. The van der Waals surface area contributed by atoms with Gasteiger partial charge in [-0.25, -0.2) is 4.98 Å². The first-order chi connectivity index (χ1) is 12.5. The van der Waals surface area contributed by atoms with Crippen molar-refractivity contribution < 1.29 is 4.79 Å². The molecule has 0 bridgehead atoms. The minimum Gasteiger partial charge on any atom is -0.327 e. The maximum Gasteiger partial charge on any atom is 0.274 e. The zero-order valence-electron chi connectivity index (χ0n) is 14.1. The first-order valence-corrected chi connectivity index (χ1v) is 8.70. The van der Waals surface area contributed by atoms with Gasteiger partial charge in [0.25, 0.3) is 5.91 Å². The lowest BCUT2D eigenvalue weighted by atomic mass is 10.2. The standard InChI is InChI=1S/C19H16Cl2N4O/c1-13-9-24-18(10-23-13)19(26)25(12-15-4-2-3-7-22-15)11-14-5-6-16(20)17(21)8-14/h2-10H,11-12H2,1H3. The van der Waals surface area contributed by atoms with E-state index in [9.17, 15) is 4.79 Å². The van der Waals surface area contributed by atoms with Gasteiger partial charge < -0.3 is 4.90 Å². The summed E-state index contributed by atoms with van der Waals surface area (Å²) in [5.74, 6) is -0.228. The van der Waals surface area contributed by atoms with Gasteiger partial charge in [-0.3, -0.25) is 14.8 Å². The molecule has 0 aliphatic rings. The fourth-order valence-corrected chi connectivity index (χ4v) is 2.73. The predicted molar refractivity (Wildman–Crippen MR) is 101 cm³/mol. The lowest BCUT2D eigenvalue weighted by molar-refractivity contribution is 0.0721. The van der Waals surface area contributed by atoms with Crippen molar-refractivity contribution in [2.24, 2.45) is 0 Å². The van der Waals surface area contributed by atoms with Crippen LogP contribution in [-0.4, -0.2) is 25.8 Å². The fraction of sp³-hybridized carbons (Fsp3) is 0.158. The number of rotatable bonds is 5. The SMILES string of the molecule is Cc1cnc(C(=O)N(Cc2ccc(Cl)c(Cl)c2)Cc2ccccn2)cn1. The molecule has 3 aromatic rings. The van der Waals surface area contributed by atoms with E-state index in [1.54, 1.807) is 29.4 Å². The molecule has 132 valence electrons. The maximum atomic E-state index is 13.0. The monoisotopic (exact) mass is 386 g/mol. The molecule has 2 heterocycles. The Hall–Kier alpha value is -2.50. The fourth-order valence-electron chi connectivity index (χ4n) is 2.41. The Bertz CT molecular complexity index is 901. The number of nitrogens with zero attached hydrogens (tertiary/aromatic N) is 4. The van der Waals surface area contributed by atoms with Crippen LogP contribution in [0.5, 0.6) is 0 Å². The normalized spacial score (nSPS) is 10.6. The average Bonchev–Trinajstić information content (AvgIpc) is 2.65. The largest absolute Gasteiger partial charge is 0.327 e. The molecule has 7 heteroatoms. The van der Waals surface area contributed by atoms with E-state index in [2.05, 4.69) is 15.0 Å². The van der Waals surface area contributed by atoms with E-state index in [0.29, 0.717) is 23.1 Å². The van der Waals surface area contributed by atoms with Crippen molar-refractivity contribution in [3.63, 3.8) is 0 Å². The number of aromatic nitrogens is 3. The first kappa shape index (κ1) is 18.3. The zero-order chi connectivity index (χ0) is 18.5. The van der Waals surface area contributed by atoms with Crippen LogP contribution in [0.4, 0.5) is 0 Å². The predicted octanol–water partition coefficient (Wildman–Crippen LogP) is 4.33. The molecule has 0 saturated carbocycles. The van der Waals surface area contributed by atoms with Crippen molar-refractivity contribution in [1.82, 2.24) is 19.9 Å². The highest BCUT2D eigenvalue weighted by atomic mass is 35.5. The van der Waals surface area contributed by atoms with Gasteiger partial charge in [0, 0.05) is 18.9 Å². The van der Waals surface area contributed by atoms with Gasteiger partial charge in [0.15, 0.2) is 0 Å². The summed E-state index contributed by atoms with van der Waals surface area (Å²) >= 11 is 12.1. The maximum absolute atomic E-state index is 13.0. The third-order valence-electron chi connectivity index (χ3n) is 3.72. The second kappa shape index (κ2) is 8.25. The molecular weight excluding hydrogens is 371 g/mol. The van der Waals surface area contributed by atoms with E-state index in [1.165, 1.54) is 6.20 Å². The molecule has 1 amide bonds. The molecule has 2 aromatic heterocycles. The molecule has 26 heavy (non-hydrogen) atoms. The van der Waals surface area contributed by atoms with Crippen LogP contribution in [0.1, 0.15) is 27.4 Å². The summed E-state index contributed by atoms with van der Waals surface area (Å²) in [6, 6.07) is 10.9. The van der Waals surface area contributed by atoms with Gasteiger partial charge >= 0.3 is 0 Å². The molecule has 0 radical (unpaired) electrons. The summed E-state index contributed by atoms with van der Waals surface area (Å²) in [7, 11) is 0. The van der Waals surface area contributed by atoms with Gasteiger partial charge in [-0.15, -0.1) is 0 Å². The lowest BCUT2D eigenvalue weighted by Crippen LogP contribution is -2.31. The first-order valence-electron chi connectivity index (χ1n) is 7.94. The summed E-state index contributed by atoms with van der Waals surface area (Å²) in [4.78, 5) is 27.3. The van der Waals surface area contributed by atoms with Crippen LogP contribution in [0.3, 0.4) is 0 Å². The number of hydrogen-bond donors (Lipinski definition) is 0. The van der Waals surface area contributed by atoms with Crippen LogP contribution in [0.25, 0.3) is 0 Å². The van der Waals surface area contributed by atoms with E-state index in [-0.39, 0.29) is 11.6 Å². The van der Waals surface area contributed by atoms with Crippen molar-refractivity contribution in [3.05, 3.63) is 87.7 Å². The van der Waals surface area contributed by atoms with E-state index < -0.39 is 0 Å². The third kappa shape index (κ3) is 4.56. The van der Waals surface area contributed by atoms with Crippen LogP contribution in [0.15, 0.2) is 55.0 Å². The van der Waals surface area contributed by atoms with Gasteiger partial charge in [0.05, 0.1) is 34.2 Å². The van der Waals surface area contributed by atoms with Gasteiger partial charge in [-0.05, 0) is 36.8 Å². The number of pyridine rings is 1. The number of carbonyl (C=O) groups is 1. The summed E-state index contributed by atoms with van der Waals surface area (Å²) in [6.07, 6.45) is 4.76. The topological polar surface area (TPSA) is 59.0 Å². The average molecular weight is 387 g/mol. The van der Waals surface area contributed by atoms with Crippen LogP contribution in [0.2, 0.25) is 10.0 Å². The molecule has 0 unspecified atom stereocenters. The van der Waals surface area contributed by atoms with Gasteiger partial charge in [0.1, 0.15) is 5.69 Å². The van der Waals surface area contributed by atoms with Gasteiger partial charge in [0.2, 0.25) is 0 Å². The molecule has 0 fully saturated rings. The number of benzene rings is 1. The molecule has 0 spiro atoms. The van der Waals surface area contributed by atoms with Crippen molar-refractivity contribution in [1.29, 1.82) is 0 Å². The Kier molecular flexibility index (Phi) is 5.81. The molecule has 0 atom stereocenters. The van der Waals surface area contributed by atoms with Gasteiger partial charge in [-0.2, -0.15) is 0 Å². The van der Waals surface area contributed by atoms with Crippen LogP contribution in [0, 0.1) is 6.92 Å². The summed E-state index contributed by atoms with van der Waals surface area (Å²) in [5, 5.41) is 0.923. The lowest BCUT2D eigenvalue weighted by Gasteiger charge is -2.22. The Morgan fingerprint density at radius 3 is 2.50 bits per heavy atom. The van der Waals surface area contributed by atoms with E-state index in [4.69, 9.17) is 23.2 Å². The highest BCUT2D eigenvalue weighted by Crippen LogP contribution is 2.24. The Labute approximate surface area is 161 Å². The van der Waals surface area contributed by atoms with E-state index in [1.807, 2.05) is 31.2 Å². The highest BCUT2D eigenvalue weighted by molar-refractivity contribution is 6.42. The molecule has 0 saturated heterocycles. The number of amides is 1.